The van der Waals surface area contributed by atoms with Crippen molar-refractivity contribution in [3.63, 3.8) is 0 Å². The fourth-order valence-electron chi connectivity index (χ4n) is 3.02. The van der Waals surface area contributed by atoms with Gasteiger partial charge in [-0.05, 0) is 69.4 Å². The number of carbonyl (C=O) groups excluding carboxylic acids is 2. The van der Waals surface area contributed by atoms with Crippen molar-refractivity contribution in [1.82, 2.24) is 19.9 Å². The van der Waals surface area contributed by atoms with Crippen LogP contribution < -0.4 is 0 Å². The maximum Gasteiger partial charge on any atom is 0.358 e. The predicted molar refractivity (Wildman–Crippen MR) is 166 cm³/mol. The predicted octanol–water partition coefficient (Wildman–Crippen LogP) is 7.66. The fraction of sp³-hybridized carbons (Fsp3) is 0.417. The van der Waals surface area contributed by atoms with Crippen LogP contribution in [0.4, 0.5) is 0 Å². The van der Waals surface area contributed by atoms with Crippen LogP contribution in [-0.4, -0.2) is 51.2 Å². The minimum atomic E-state index is -0.409. The van der Waals surface area contributed by atoms with E-state index in [2.05, 4.69) is 61.3 Å². The lowest BCUT2D eigenvalue weighted by Crippen LogP contribution is -2.03. The van der Waals surface area contributed by atoms with E-state index in [0.717, 1.165) is 26.0 Å². The smallest absolute Gasteiger partial charge is 0.358 e. The molecule has 0 aliphatic heterocycles. The maximum absolute atomic E-state index is 11.1. The van der Waals surface area contributed by atoms with Gasteiger partial charge in [0.1, 0.15) is 3.79 Å². The lowest BCUT2D eigenvalue weighted by Gasteiger charge is -1.96. The molecule has 0 amide bonds. The molecule has 2 aliphatic rings. The van der Waals surface area contributed by atoms with Crippen LogP contribution in [-0.2, 0) is 22.0 Å². The first-order chi connectivity index (χ1) is 19.3. The van der Waals surface area contributed by atoms with Crippen molar-refractivity contribution >= 4 is 101 Å². The highest BCUT2D eigenvalue weighted by molar-refractivity contribution is 9.11. The second-order valence-corrected chi connectivity index (χ2v) is 14.5. The average molecular weight is 773 g/mol. The number of hydrogen-bond acceptors (Lipinski definition) is 13. The number of aliphatic hydroxyl groups is 1. The SMILES string of the molecule is COC(=O)c1ncsc1Br.COC(=O)c1ncsc1C1CC1.ClCc1ncsc1C1CC1.OCc1ncsc1Br. The Labute approximate surface area is 269 Å². The molecule has 0 spiro atoms. The molecular weight excluding hydrogens is 748 g/mol. The van der Waals surface area contributed by atoms with E-state index in [4.69, 9.17) is 16.7 Å². The third-order valence-corrected chi connectivity index (χ3v) is 10.8. The van der Waals surface area contributed by atoms with Crippen molar-refractivity contribution in [3.8, 4) is 0 Å². The zero-order valence-corrected chi connectivity index (χ0v) is 28.5. The van der Waals surface area contributed by atoms with Gasteiger partial charge in [0.2, 0.25) is 0 Å². The Morgan fingerprint density at radius 3 is 1.75 bits per heavy atom. The number of halogens is 3. The summed E-state index contributed by atoms with van der Waals surface area (Å²) in [6.07, 6.45) is 5.05. The van der Waals surface area contributed by atoms with Gasteiger partial charge in [-0.3, -0.25) is 0 Å². The van der Waals surface area contributed by atoms with E-state index in [0.29, 0.717) is 27.0 Å². The Hall–Kier alpha value is -1.33. The first-order valence-corrected chi connectivity index (χ1v) is 17.3. The molecule has 216 valence electrons. The first-order valence-electron chi connectivity index (χ1n) is 11.7. The highest BCUT2D eigenvalue weighted by Crippen LogP contribution is 2.44. The van der Waals surface area contributed by atoms with Crippen LogP contribution in [0.25, 0.3) is 0 Å². The van der Waals surface area contributed by atoms with Crippen molar-refractivity contribution in [2.75, 3.05) is 14.2 Å². The van der Waals surface area contributed by atoms with Crippen LogP contribution in [0.1, 0.15) is 79.6 Å². The van der Waals surface area contributed by atoms with Gasteiger partial charge in [-0.2, -0.15) is 0 Å². The number of rotatable bonds is 6. The average Bonchev–Trinajstić information content (AvgIpc) is 3.77. The van der Waals surface area contributed by atoms with Crippen LogP contribution in [0.2, 0.25) is 0 Å². The molecule has 40 heavy (non-hydrogen) atoms. The summed E-state index contributed by atoms with van der Waals surface area (Å²) in [6, 6.07) is 0. The third kappa shape index (κ3) is 9.89. The number of carbonyl (C=O) groups is 2. The molecule has 4 aromatic heterocycles. The van der Waals surface area contributed by atoms with Crippen LogP contribution in [0.5, 0.6) is 0 Å². The molecular formula is C24H25Br2ClN4O5S4. The van der Waals surface area contributed by atoms with E-state index in [1.54, 1.807) is 39.2 Å². The number of hydrogen-bond donors (Lipinski definition) is 1. The van der Waals surface area contributed by atoms with E-state index >= 15 is 0 Å². The molecule has 1 N–H and O–H groups in total. The summed E-state index contributed by atoms with van der Waals surface area (Å²) in [5.41, 5.74) is 9.55. The minimum Gasteiger partial charge on any atom is -0.464 e. The number of aromatic nitrogens is 4. The van der Waals surface area contributed by atoms with Crippen LogP contribution in [0.15, 0.2) is 29.6 Å². The molecule has 0 atom stereocenters. The number of esters is 2. The summed E-state index contributed by atoms with van der Waals surface area (Å²) in [6.45, 7) is 0.0179. The van der Waals surface area contributed by atoms with Gasteiger partial charge in [-0.1, -0.05) is 0 Å². The Morgan fingerprint density at radius 2 is 1.27 bits per heavy atom. The Bertz CT molecular complexity index is 1370. The van der Waals surface area contributed by atoms with Gasteiger partial charge in [-0.25, -0.2) is 29.5 Å². The zero-order valence-electron chi connectivity index (χ0n) is 21.3. The number of methoxy groups -OCH3 is 2. The normalized spacial score (nSPS) is 13.6. The van der Waals surface area contributed by atoms with Gasteiger partial charge in [0, 0.05) is 9.75 Å². The number of alkyl halides is 1. The van der Waals surface area contributed by atoms with Gasteiger partial charge in [-0.15, -0.1) is 56.9 Å². The molecule has 2 aliphatic carbocycles. The number of aliphatic hydroxyl groups excluding tert-OH is 1. The summed E-state index contributed by atoms with van der Waals surface area (Å²) in [7, 11) is 2.71. The van der Waals surface area contributed by atoms with Gasteiger partial charge in [0.15, 0.2) is 11.4 Å². The molecule has 9 nitrogen and oxygen atoms in total. The first kappa shape index (κ1) is 33.2. The lowest BCUT2D eigenvalue weighted by molar-refractivity contribution is 0.0585. The topological polar surface area (TPSA) is 124 Å². The molecule has 0 saturated heterocycles. The van der Waals surface area contributed by atoms with E-state index in [1.165, 1.54) is 67.5 Å². The number of thiazole rings is 4. The van der Waals surface area contributed by atoms with Crippen molar-refractivity contribution < 1.29 is 24.2 Å². The molecule has 2 saturated carbocycles. The monoisotopic (exact) mass is 770 g/mol. The van der Waals surface area contributed by atoms with Gasteiger partial charge >= 0.3 is 11.9 Å². The molecule has 2 fully saturated rings. The molecule has 6 rings (SSSR count). The van der Waals surface area contributed by atoms with Gasteiger partial charge < -0.3 is 14.6 Å². The van der Waals surface area contributed by atoms with Gasteiger partial charge in [0.05, 0.1) is 63.9 Å². The Morgan fingerprint density at radius 1 is 0.800 bits per heavy atom. The molecule has 4 aromatic rings. The van der Waals surface area contributed by atoms with Crippen molar-refractivity contribution in [1.29, 1.82) is 0 Å². The van der Waals surface area contributed by atoms with Crippen LogP contribution in [0.3, 0.4) is 0 Å². The molecule has 4 heterocycles. The molecule has 0 radical (unpaired) electrons. The van der Waals surface area contributed by atoms with E-state index in [9.17, 15) is 9.59 Å². The zero-order chi connectivity index (χ0) is 29.1. The van der Waals surface area contributed by atoms with E-state index in [-0.39, 0.29) is 12.6 Å². The summed E-state index contributed by atoms with van der Waals surface area (Å²) in [4.78, 5) is 40.3. The minimum absolute atomic E-state index is 0.0179. The Balaban J connectivity index is 0.000000148. The molecule has 0 unspecified atom stereocenters. The third-order valence-electron chi connectivity index (χ3n) is 5.31. The van der Waals surface area contributed by atoms with Crippen LogP contribution >= 0.6 is 88.8 Å². The summed E-state index contributed by atoms with van der Waals surface area (Å²) < 4.78 is 10.7. The standard InChI is InChI=1S/C8H9NO2S.C7H8ClNS.C5H4BrNO2S.C4H4BrNOS/c1-11-8(10)6-7(5-2-3-5)12-4-9-6;8-3-6-7(5-1-2-5)10-4-9-6;1-9-5(8)3-4(6)10-2-7-3;5-4-3(1-7)6-2-8-4/h4-5H,2-3H2,1H3;4-5H,1-3H2;2H,1H3;2,7H,1H2. The summed E-state index contributed by atoms with van der Waals surface area (Å²) in [5.74, 6) is 1.24. The van der Waals surface area contributed by atoms with Crippen LogP contribution in [0, 0.1) is 0 Å². The second-order valence-electron chi connectivity index (χ2n) is 8.10. The lowest BCUT2D eigenvalue weighted by atomic mass is 10.3. The fourth-order valence-corrected chi connectivity index (χ4v) is 7.26. The van der Waals surface area contributed by atoms with E-state index in [1.807, 2.05) is 5.51 Å². The van der Waals surface area contributed by atoms with Crippen molar-refractivity contribution in [2.45, 2.75) is 50.0 Å². The van der Waals surface area contributed by atoms with Crippen molar-refractivity contribution in [3.05, 3.63) is 62.1 Å². The summed E-state index contributed by atoms with van der Waals surface area (Å²) in [5, 5.41) is 8.52. The molecule has 0 bridgehead atoms. The maximum atomic E-state index is 11.1. The van der Waals surface area contributed by atoms with Gasteiger partial charge in [0.25, 0.3) is 0 Å². The second kappa shape index (κ2) is 16.9. The largest absolute Gasteiger partial charge is 0.464 e. The highest BCUT2D eigenvalue weighted by atomic mass is 79.9. The number of nitrogens with zero attached hydrogens (tertiary/aromatic N) is 4. The summed E-state index contributed by atoms with van der Waals surface area (Å²) >= 11 is 18.2. The Kier molecular flexibility index (Phi) is 14.1. The van der Waals surface area contributed by atoms with E-state index < -0.39 is 5.97 Å². The molecule has 16 heteroatoms. The number of ether oxygens (including phenoxy) is 2. The quantitative estimate of drug-likeness (QED) is 0.155. The highest BCUT2D eigenvalue weighted by Gasteiger charge is 2.30. The molecule has 0 aromatic carbocycles. The van der Waals surface area contributed by atoms with Crippen molar-refractivity contribution in [2.24, 2.45) is 0 Å².